The zero-order valence-corrected chi connectivity index (χ0v) is 11.8. The van der Waals surface area contributed by atoms with E-state index in [0.29, 0.717) is 5.76 Å². The van der Waals surface area contributed by atoms with E-state index in [0.717, 1.165) is 16.0 Å². The Hall–Kier alpha value is -1.42. The van der Waals surface area contributed by atoms with Gasteiger partial charge in [-0.3, -0.25) is 9.00 Å². The molecule has 0 saturated carbocycles. The van der Waals surface area contributed by atoms with Crippen molar-refractivity contribution in [3.05, 3.63) is 35.4 Å². The molecule has 1 unspecified atom stereocenters. The van der Waals surface area contributed by atoms with Gasteiger partial charge in [0.1, 0.15) is 5.76 Å². The summed E-state index contributed by atoms with van der Waals surface area (Å²) in [5.41, 5.74) is 1.01. The second kappa shape index (κ2) is 4.35. The van der Waals surface area contributed by atoms with Gasteiger partial charge in [-0.2, -0.15) is 0 Å². The van der Waals surface area contributed by atoms with Gasteiger partial charge in [0.05, 0.1) is 10.8 Å². The summed E-state index contributed by atoms with van der Waals surface area (Å²) in [6, 6.07) is 5.56. The Labute approximate surface area is 109 Å². The normalized spacial score (nSPS) is 19.3. The predicted octanol–water partition coefficient (Wildman–Crippen LogP) is 2.45. The molecule has 0 fully saturated rings. The van der Waals surface area contributed by atoms with Crippen molar-refractivity contribution in [2.75, 3.05) is 6.26 Å². The van der Waals surface area contributed by atoms with E-state index >= 15 is 0 Å². The highest BCUT2D eigenvalue weighted by molar-refractivity contribution is 7.84. The molecule has 1 aliphatic heterocycles. The molecule has 18 heavy (non-hydrogen) atoms. The van der Waals surface area contributed by atoms with Crippen molar-refractivity contribution in [1.82, 2.24) is 0 Å². The van der Waals surface area contributed by atoms with Crippen LogP contribution in [0.1, 0.15) is 25.0 Å². The highest BCUT2D eigenvalue weighted by Crippen LogP contribution is 2.31. The summed E-state index contributed by atoms with van der Waals surface area (Å²) in [5.74, 6) is 0.555. The first-order valence-corrected chi connectivity index (χ1v) is 7.26. The quantitative estimate of drug-likeness (QED) is 0.824. The SMILES string of the molecule is Cc1cc(C2=CC(=O)C(C)(C)O2)ccc1S(C)=O. The first-order chi connectivity index (χ1) is 8.31. The first kappa shape index (κ1) is 13.0. The minimum absolute atomic E-state index is 0.0294. The van der Waals surface area contributed by atoms with E-state index in [-0.39, 0.29) is 5.78 Å². The molecule has 0 bridgehead atoms. The third kappa shape index (κ3) is 2.25. The van der Waals surface area contributed by atoms with E-state index in [2.05, 4.69) is 0 Å². The molecule has 0 N–H and O–H groups in total. The molecule has 1 heterocycles. The van der Waals surface area contributed by atoms with Gasteiger partial charge in [-0.1, -0.05) is 6.07 Å². The molecule has 0 aromatic heterocycles. The molecule has 2 rings (SSSR count). The van der Waals surface area contributed by atoms with Crippen molar-refractivity contribution in [3.63, 3.8) is 0 Å². The van der Waals surface area contributed by atoms with Crippen LogP contribution in [-0.4, -0.2) is 21.8 Å². The lowest BCUT2D eigenvalue weighted by Crippen LogP contribution is -2.27. The summed E-state index contributed by atoms with van der Waals surface area (Å²) in [6.07, 6.45) is 3.18. The zero-order chi connectivity index (χ0) is 13.5. The van der Waals surface area contributed by atoms with Gasteiger partial charge in [0, 0.05) is 22.8 Å². The molecule has 96 valence electrons. The maximum Gasteiger partial charge on any atom is 0.202 e. The Morgan fingerprint density at radius 3 is 2.39 bits per heavy atom. The van der Waals surface area contributed by atoms with E-state index in [1.165, 1.54) is 6.08 Å². The van der Waals surface area contributed by atoms with Crippen LogP contribution in [0.3, 0.4) is 0 Å². The summed E-state index contributed by atoms with van der Waals surface area (Å²) >= 11 is 0. The summed E-state index contributed by atoms with van der Waals surface area (Å²) in [5, 5.41) is 0. The monoisotopic (exact) mass is 264 g/mol. The van der Waals surface area contributed by atoms with Crippen molar-refractivity contribution in [2.24, 2.45) is 0 Å². The van der Waals surface area contributed by atoms with E-state index < -0.39 is 16.4 Å². The molecule has 0 aliphatic carbocycles. The number of aryl methyl sites for hydroxylation is 1. The fourth-order valence-electron chi connectivity index (χ4n) is 1.91. The average molecular weight is 264 g/mol. The Kier molecular flexibility index (Phi) is 3.15. The summed E-state index contributed by atoms with van der Waals surface area (Å²) in [7, 11) is -1.000. The Bertz CT molecular complexity index is 570. The van der Waals surface area contributed by atoms with Gasteiger partial charge in [0.15, 0.2) is 5.60 Å². The molecule has 0 radical (unpaired) electrons. The third-order valence-electron chi connectivity index (χ3n) is 2.99. The number of benzene rings is 1. The highest BCUT2D eigenvalue weighted by Gasteiger charge is 2.35. The van der Waals surface area contributed by atoms with E-state index in [4.69, 9.17) is 4.74 Å². The molecule has 1 aromatic carbocycles. The van der Waals surface area contributed by atoms with Crippen molar-refractivity contribution >= 4 is 22.3 Å². The van der Waals surface area contributed by atoms with Gasteiger partial charge < -0.3 is 4.74 Å². The molecular formula is C14H16O3S. The van der Waals surface area contributed by atoms with E-state index in [1.807, 2.05) is 25.1 Å². The molecule has 0 amide bonds. The van der Waals surface area contributed by atoms with Gasteiger partial charge in [-0.25, -0.2) is 0 Å². The minimum atomic E-state index is -1.000. The van der Waals surface area contributed by atoms with Gasteiger partial charge in [0.2, 0.25) is 5.78 Å². The number of carbonyl (C=O) groups excluding carboxylic acids is 1. The number of hydrogen-bond acceptors (Lipinski definition) is 3. The highest BCUT2D eigenvalue weighted by atomic mass is 32.2. The summed E-state index contributed by atoms with van der Waals surface area (Å²) in [6.45, 7) is 5.41. The fourth-order valence-corrected chi connectivity index (χ4v) is 2.69. The van der Waals surface area contributed by atoms with Crippen molar-refractivity contribution < 1.29 is 13.7 Å². The lowest BCUT2D eigenvalue weighted by molar-refractivity contribution is -0.125. The van der Waals surface area contributed by atoms with Crippen LogP contribution in [0.25, 0.3) is 5.76 Å². The Morgan fingerprint density at radius 2 is 1.94 bits per heavy atom. The second-order valence-electron chi connectivity index (χ2n) is 4.92. The van der Waals surface area contributed by atoms with Gasteiger partial charge in [0.25, 0.3) is 0 Å². The van der Waals surface area contributed by atoms with Crippen molar-refractivity contribution in [2.45, 2.75) is 31.3 Å². The van der Waals surface area contributed by atoms with Crippen LogP contribution in [0.15, 0.2) is 29.2 Å². The van der Waals surface area contributed by atoms with Crippen LogP contribution in [0.2, 0.25) is 0 Å². The summed E-state index contributed by atoms with van der Waals surface area (Å²) in [4.78, 5) is 12.5. The molecule has 4 heteroatoms. The number of ether oxygens (including phenoxy) is 1. The third-order valence-corrected chi connectivity index (χ3v) is 4.07. The smallest absolute Gasteiger partial charge is 0.202 e. The maximum absolute atomic E-state index is 11.7. The fraction of sp³-hybridized carbons (Fsp3) is 0.357. The Morgan fingerprint density at radius 1 is 1.28 bits per heavy atom. The standard InChI is InChI=1S/C14H16O3S/c1-9-7-10(5-6-12(9)18(4)16)11-8-13(15)14(2,3)17-11/h5-8H,1-4H3. The van der Waals surface area contributed by atoms with Crippen LogP contribution in [0.4, 0.5) is 0 Å². The van der Waals surface area contributed by atoms with Gasteiger partial charge in [-0.15, -0.1) is 0 Å². The van der Waals surface area contributed by atoms with Crippen LogP contribution >= 0.6 is 0 Å². The van der Waals surface area contributed by atoms with E-state index in [1.54, 1.807) is 20.1 Å². The molecule has 1 atom stereocenters. The topological polar surface area (TPSA) is 43.4 Å². The molecule has 3 nitrogen and oxygen atoms in total. The molecule has 0 saturated heterocycles. The lowest BCUT2D eigenvalue weighted by atomic mass is 10.1. The predicted molar refractivity (Wildman–Crippen MR) is 71.7 cm³/mol. The Balaban J connectivity index is 2.38. The first-order valence-electron chi connectivity index (χ1n) is 5.71. The number of carbonyl (C=O) groups is 1. The minimum Gasteiger partial charge on any atom is -0.479 e. The average Bonchev–Trinajstić information content (AvgIpc) is 2.53. The van der Waals surface area contributed by atoms with E-state index in [9.17, 15) is 9.00 Å². The van der Waals surface area contributed by atoms with Crippen LogP contribution in [-0.2, 0) is 20.3 Å². The molecule has 1 aromatic rings. The van der Waals surface area contributed by atoms with Gasteiger partial charge >= 0.3 is 0 Å². The number of rotatable bonds is 2. The van der Waals surface area contributed by atoms with Crippen LogP contribution in [0, 0.1) is 6.92 Å². The molecular weight excluding hydrogens is 248 g/mol. The number of hydrogen-bond donors (Lipinski definition) is 0. The van der Waals surface area contributed by atoms with Gasteiger partial charge in [-0.05, 0) is 38.5 Å². The number of ketones is 1. The zero-order valence-electron chi connectivity index (χ0n) is 10.9. The summed E-state index contributed by atoms with van der Waals surface area (Å²) < 4.78 is 17.1. The molecule has 0 spiro atoms. The second-order valence-corrected chi connectivity index (χ2v) is 6.27. The lowest BCUT2D eigenvalue weighted by Gasteiger charge is -2.18. The maximum atomic E-state index is 11.7. The largest absolute Gasteiger partial charge is 0.479 e. The van der Waals surface area contributed by atoms with Crippen LogP contribution < -0.4 is 0 Å². The van der Waals surface area contributed by atoms with Crippen molar-refractivity contribution in [1.29, 1.82) is 0 Å². The molecule has 1 aliphatic rings. The van der Waals surface area contributed by atoms with Crippen LogP contribution in [0.5, 0.6) is 0 Å². The van der Waals surface area contributed by atoms with Crippen molar-refractivity contribution in [3.8, 4) is 0 Å².